The Balaban J connectivity index is 2.03. The van der Waals surface area contributed by atoms with E-state index >= 15 is 0 Å². The summed E-state index contributed by atoms with van der Waals surface area (Å²) < 4.78 is 6.11. The van der Waals surface area contributed by atoms with Crippen molar-refractivity contribution in [1.29, 1.82) is 0 Å². The van der Waals surface area contributed by atoms with Gasteiger partial charge in [0.25, 0.3) is 0 Å². The Morgan fingerprint density at radius 1 is 0.905 bits per heavy atom. The van der Waals surface area contributed by atoms with E-state index in [0.29, 0.717) is 6.04 Å². The molecule has 0 bridgehead atoms. The molecule has 1 N–H and O–H groups in total. The third-order valence-corrected chi connectivity index (χ3v) is 3.35. The summed E-state index contributed by atoms with van der Waals surface area (Å²) >= 11 is 0. The minimum atomic E-state index is 0.157. The van der Waals surface area contributed by atoms with Crippen LogP contribution in [0.5, 0.6) is 5.75 Å². The minimum Gasteiger partial charge on any atom is -0.489 e. The first-order valence-electron chi connectivity index (χ1n) is 7.67. The van der Waals surface area contributed by atoms with E-state index in [1.807, 2.05) is 12.1 Å². The molecule has 0 saturated heterocycles. The van der Waals surface area contributed by atoms with Gasteiger partial charge in [-0.05, 0) is 24.1 Å². The van der Waals surface area contributed by atoms with Gasteiger partial charge in [-0.2, -0.15) is 0 Å². The molecule has 2 nitrogen and oxygen atoms in total. The van der Waals surface area contributed by atoms with Crippen LogP contribution in [0.1, 0.15) is 31.9 Å². The molecule has 1 atom stereocenters. The van der Waals surface area contributed by atoms with E-state index in [1.165, 1.54) is 11.1 Å². The Bertz CT molecular complexity index is 536. The van der Waals surface area contributed by atoms with Gasteiger partial charge in [0.2, 0.25) is 0 Å². The first kappa shape index (κ1) is 15.6. The molecule has 0 aliphatic carbocycles. The summed E-state index contributed by atoms with van der Waals surface area (Å²) in [6.07, 6.45) is 1.06. The van der Waals surface area contributed by atoms with Crippen LogP contribution in [0.3, 0.4) is 0 Å². The fourth-order valence-corrected chi connectivity index (χ4v) is 2.24. The summed E-state index contributed by atoms with van der Waals surface area (Å²) in [4.78, 5) is 0. The third kappa shape index (κ3) is 5.24. The highest BCUT2D eigenvalue weighted by Gasteiger charge is 2.09. The Morgan fingerprint density at radius 2 is 1.57 bits per heavy atom. The minimum absolute atomic E-state index is 0.157. The molecule has 0 spiro atoms. The molecule has 0 saturated carbocycles. The van der Waals surface area contributed by atoms with Gasteiger partial charge < -0.3 is 10.1 Å². The Kier molecular flexibility index (Phi) is 5.82. The van der Waals surface area contributed by atoms with E-state index in [4.69, 9.17) is 4.74 Å². The number of rotatable bonds is 7. The molecule has 21 heavy (non-hydrogen) atoms. The topological polar surface area (TPSA) is 21.3 Å². The fourth-order valence-electron chi connectivity index (χ4n) is 2.24. The highest BCUT2D eigenvalue weighted by atomic mass is 16.5. The molecule has 0 fully saturated rings. The summed E-state index contributed by atoms with van der Waals surface area (Å²) in [5, 5.41) is 3.41. The van der Waals surface area contributed by atoms with Gasteiger partial charge in [0.05, 0.1) is 0 Å². The van der Waals surface area contributed by atoms with E-state index < -0.39 is 0 Å². The Morgan fingerprint density at radius 3 is 2.29 bits per heavy atom. The average Bonchev–Trinajstić information content (AvgIpc) is 2.48. The van der Waals surface area contributed by atoms with Crippen molar-refractivity contribution < 1.29 is 4.74 Å². The van der Waals surface area contributed by atoms with E-state index in [0.717, 1.165) is 18.7 Å². The van der Waals surface area contributed by atoms with Crippen molar-refractivity contribution in [3.63, 3.8) is 0 Å². The van der Waals surface area contributed by atoms with Crippen molar-refractivity contribution in [2.45, 2.75) is 39.3 Å². The second kappa shape index (κ2) is 7.84. The lowest BCUT2D eigenvalue weighted by atomic mass is 10.0. The van der Waals surface area contributed by atoms with Gasteiger partial charge in [0.1, 0.15) is 11.9 Å². The first-order chi connectivity index (χ1) is 10.1. The van der Waals surface area contributed by atoms with Crippen molar-refractivity contribution in [3.05, 3.63) is 65.7 Å². The molecule has 2 rings (SSSR count). The third-order valence-electron chi connectivity index (χ3n) is 3.35. The molecule has 1 unspecified atom stereocenters. The van der Waals surface area contributed by atoms with Gasteiger partial charge in [-0.15, -0.1) is 0 Å². The Labute approximate surface area is 128 Å². The largest absolute Gasteiger partial charge is 0.489 e. The number of hydrogen-bond acceptors (Lipinski definition) is 2. The van der Waals surface area contributed by atoms with Crippen molar-refractivity contribution in [1.82, 2.24) is 5.32 Å². The summed E-state index contributed by atoms with van der Waals surface area (Å²) in [5.74, 6) is 0.986. The molecular formula is C19H25NO. The van der Waals surface area contributed by atoms with Crippen LogP contribution >= 0.6 is 0 Å². The molecule has 0 radical (unpaired) electrons. The number of hydrogen-bond donors (Lipinski definition) is 1. The van der Waals surface area contributed by atoms with Crippen molar-refractivity contribution in [2.24, 2.45) is 0 Å². The number of ether oxygens (including phenoxy) is 1. The summed E-state index contributed by atoms with van der Waals surface area (Å²) in [5.41, 5.74) is 2.54. The number of nitrogens with one attached hydrogen (secondary N) is 1. The van der Waals surface area contributed by atoms with Crippen LogP contribution in [0.2, 0.25) is 0 Å². The normalized spacial score (nSPS) is 12.4. The van der Waals surface area contributed by atoms with Gasteiger partial charge in [-0.3, -0.25) is 0 Å². The predicted octanol–water partition coefficient (Wildman–Crippen LogP) is 4.04. The monoisotopic (exact) mass is 283 g/mol. The second-order valence-electron chi connectivity index (χ2n) is 5.76. The number of benzene rings is 2. The van der Waals surface area contributed by atoms with Crippen LogP contribution < -0.4 is 10.1 Å². The van der Waals surface area contributed by atoms with E-state index in [1.54, 1.807) is 0 Å². The van der Waals surface area contributed by atoms with Crippen LogP contribution in [-0.4, -0.2) is 18.7 Å². The lowest BCUT2D eigenvalue weighted by Crippen LogP contribution is -2.33. The molecule has 112 valence electrons. The van der Waals surface area contributed by atoms with E-state index in [-0.39, 0.29) is 6.10 Å². The lowest BCUT2D eigenvalue weighted by molar-refractivity contribution is 0.212. The van der Waals surface area contributed by atoms with Crippen LogP contribution in [0.25, 0.3) is 0 Å². The zero-order valence-corrected chi connectivity index (χ0v) is 13.2. The van der Waals surface area contributed by atoms with Crippen LogP contribution in [0.15, 0.2) is 54.6 Å². The maximum Gasteiger partial charge on any atom is 0.123 e. The van der Waals surface area contributed by atoms with Gasteiger partial charge >= 0.3 is 0 Å². The average molecular weight is 283 g/mol. The van der Waals surface area contributed by atoms with Gasteiger partial charge in [-0.25, -0.2) is 0 Å². The molecule has 0 aromatic heterocycles. The van der Waals surface area contributed by atoms with Crippen LogP contribution in [0.4, 0.5) is 0 Å². The predicted molar refractivity (Wildman–Crippen MR) is 88.9 cm³/mol. The van der Waals surface area contributed by atoms with Crippen molar-refractivity contribution in [2.75, 3.05) is 6.54 Å². The summed E-state index contributed by atoms with van der Waals surface area (Å²) in [6.45, 7) is 7.26. The standard InChI is InChI=1S/C19H25NO/c1-15(2)20-14-16(3)21-19-12-8-7-11-18(19)13-17-9-5-4-6-10-17/h4-12,15-16,20H,13-14H2,1-3H3. The smallest absolute Gasteiger partial charge is 0.123 e. The first-order valence-corrected chi connectivity index (χ1v) is 7.67. The number of para-hydroxylation sites is 1. The molecular weight excluding hydrogens is 258 g/mol. The second-order valence-corrected chi connectivity index (χ2v) is 5.76. The van der Waals surface area contributed by atoms with Gasteiger partial charge in [-0.1, -0.05) is 62.4 Å². The van der Waals surface area contributed by atoms with Crippen LogP contribution in [0, 0.1) is 0 Å². The van der Waals surface area contributed by atoms with Crippen molar-refractivity contribution in [3.8, 4) is 5.75 Å². The summed E-state index contributed by atoms with van der Waals surface area (Å²) in [6, 6.07) is 19.3. The molecule has 0 amide bonds. The van der Waals surface area contributed by atoms with Gasteiger partial charge in [0.15, 0.2) is 0 Å². The molecule has 0 aliphatic heterocycles. The quantitative estimate of drug-likeness (QED) is 0.828. The molecule has 2 aromatic carbocycles. The van der Waals surface area contributed by atoms with Crippen molar-refractivity contribution >= 4 is 0 Å². The molecule has 0 heterocycles. The highest BCUT2D eigenvalue weighted by Crippen LogP contribution is 2.22. The SMILES string of the molecule is CC(C)NCC(C)Oc1ccccc1Cc1ccccc1. The maximum atomic E-state index is 6.11. The van der Waals surface area contributed by atoms with Gasteiger partial charge in [0, 0.05) is 19.0 Å². The zero-order chi connectivity index (χ0) is 15.1. The van der Waals surface area contributed by atoms with E-state index in [2.05, 4.69) is 68.6 Å². The molecule has 2 heteroatoms. The fraction of sp³-hybridized carbons (Fsp3) is 0.368. The highest BCUT2D eigenvalue weighted by molar-refractivity contribution is 5.37. The van der Waals surface area contributed by atoms with E-state index in [9.17, 15) is 0 Å². The van der Waals surface area contributed by atoms with Crippen LogP contribution in [-0.2, 0) is 6.42 Å². The summed E-state index contributed by atoms with van der Waals surface area (Å²) in [7, 11) is 0. The maximum absolute atomic E-state index is 6.11. The zero-order valence-electron chi connectivity index (χ0n) is 13.2. The molecule has 0 aliphatic rings. The molecule has 2 aromatic rings. The Hall–Kier alpha value is -1.80. The lowest BCUT2D eigenvalue weighted by Gasteiger charge is -2.19.